The Balaban J connectivity index is 1.76. The average Bonchev–Trinajstić information content (AvgIpc) is 3.16. The number of benzene rings is 1. The van der Waals surface area contributed by atoms with Gasteiger partial charge in [0.1, 0.15) is 5.75 Å². The SMILES string of the molecule is CCCCCCCCCc1ccc2c(c1CCCCCCCCC)CCO2. The van der Waals surface area contributed by atoms with Crippen LogP contribution in [-0.2, 0) is 19.3 Å². The molecule has 1 nitrogen and oxygen atoms in total. The summed E-state index contributed by atoms with van der Waals surface area (Å²) in [5, 5.41) is 0. The number of rotatable bonds is 16. The van der Waals surface area contributed by atoms with Crippen LogP contribution in [0.4, 0.5) is 0 Å². The highest BCUT2D eigenvalue weighted by molar-refractivity contribution is 5.47. The Labute approximate surface area is 169 Å². The van der Waals surface area contributed by atoms with Gasteiger partial charge in [0.05, 0.1) is 6.61 Å². The zero-order chi connectivity index (χ0) is 19.2. The van der Waals surface area contributed by atoms with E-state index < -0.39 is 0 Å². The third-order valence-corrected chi connectivity index (χ3v) is 6.17. The van der Waals surface area contributed by atoms with Gasteiger partial charge in [0.15, 0.2) is 0 Å². The molecule has 0 spiro atoms. The molecular formula is C26H44O. The van der Waals surface area contributed by atoms with E-state index >= 15 is 0 Å². The van der Waals surface area contributed by atoms with Gasteiger partial charge in [-0.15, -0.1) is 0 Å². The lowest BCUT2D eigenvalue weighted by Gasteiger charge is -2.14. The first-order valence-electron chi connectivity index (χ1n) is 12.1. The summed E-state index contributed by atoms with van der Waals surface area (Å²) in [5.74, 6) is 1.18. The van der Waals surface area contributed by atoms with E-state index in [0.29, 0.717) is 0 Å². The van der Waals surface area contributed by atoms with Gasteiger partial charge in [-0.25, -0.2) is 0 Å². The molecule has 1 aromatic carbocycles. The Morgan fingerprint density at radius 1 is 0.667 bits per heavy atom. The van der Waals surface area contributed by atoms with Crippen LogP contribution in [-0.4, -0.2) is 6.61 Å². The second-order valence-electron chi connectivity index (χ2n) is 8.52. The van der Waals surface area contributed by atoms with E-state index in [2.05, 4.69) is 26.0 Å². The topological polar surface area (TPSA) is 9.23 Å². The van der Waals surface area contributed by atoms with E-state index in [0.717, 1.165) is 13.0 Å². The van der Waals surface area contributed by atoms with Crippen LogP contribution < -0.4 is 4.74 Å². The van der Waals surface area contributed by atoms with Crippen molar-refractivity contribution in [2.45, 2.75) is 123 Å². The van der Waals surface area contributed by atoms with Crippen LogP contribution in [0.15, 0.2) is 12.1 Å². The first-order valence-corrected chi connectivity index (χ1v) is 12.1. The summed E-state index contributed by atoms with van der Waals surface area (Å²) in [6, 6.07) is 4.62. The summed E-state index contributed by atoms with van der Waals surface area (Å²) in [4.78, 5) is 0. The summed E-state index contributed by atoms with van der Waals surface area (Å²) >= 11 is 0. The molecule has 1 heteroatoms. The maximum absolute atomic E-state index is 5.85. The van der Waals surface area contributed by atoms with Crippen molar-refractivity contribution in [1.29, 1.82) is 0 Å². The zero-order valence-corrected chi connectivity index (χ0v) is 18.3. The lowest BCUT2D eigenvalue weighted by atomic mass is 9.91. The molecule has 27 heavy (non-hydrogen) atoms. The van der Waals surface area contributed by atoms with E-state index in [4.69, 9.17) is 4.74 Å². The first kappa shape index (κ1) is 22.3. The number of aryl methyl sites for hydroxylation is 1. The fourth-order valence-corrected chi connectivity index (χ4v) is 4.47. The van der Waals surface area contributed by atoms with Crippen LogP contribution in [0, 0.1) is 0 Å². The molecule has 0 amide bonds. The molecule has 0 atom stereocenters. The van der Waals surface area contributed by atoms with Crippen LogP contribution in [0.5, 0.6) is 5.75 Å². The molecule has 1 heterocycles. The van der Waals surface area contributed by atoms with Crippen molar-refractivity contribution >= 4 is 0 Å². The third kappa shape index (κ3) is 8.28. The lowest BCUT2D eigenvalue weighted by molar-refractivity contribution is 0.357. The van der Waals surface area contributed by atoms with Crippen LogP contribution in [0.3, 0.4) is 0 Å². The van der Waals surface area contributed by atoms with Gasteiger partial charge in [0.2, 0.25) is 0 Å². The first-order chi connectivity index (χ1) is 13.4. The molecule has 154 valence electrons. The minimum atomic E-state index is 0.889. The molecule has 0 aromatic heterocycles. The molecule has 1 aliphatic rings. The van der Waals surface area contributed by atoms with Crippen molar-refractivity contribution in [2.75, 3.05) is 6.61 Å². The van der Waals surface area contributed by atoms with Crippen LogP contribution in [0.2, 0.25) is 0 Å². The average molecular weight is 373 g/mol. The Morgan fingerprint density at radius 3 is 1.85 bits per heavy atom. The highest BCUT2D eigenvalue weighted by Gasteiger charge is 2.18. The van der Waals surface area contributed by atoms with Gasteiger partial charge in [-0.05, 0) is 42.9 Å². The van der Waals surface area contributed by atoms with Crippen LogP contribution in [0.25, 0.3) is 0 Å². The molecule has 1 aromatic rings. The molecule has 0 fully saturated rings. The normalized spacial score (nSPS) is 13.0. The number of unbranched alkanes of at least 4 members (excludes halogenated alkanes) is 12. The van der Waals surface area contributed by atoms with Gasteiger partial charge in [0, 0.05) is 12.0 Å². The van der Waals surface area contributed by atoms with E-state index in [1.54, 1.807) is 16.7 Å². The molecule has 0 aliphatic carbocycles. The van der Waals surface area contributed by atoms with Crippen molar-refractivity contribution in [3.63, 3.8) is 0 Å². The quantitative estimate of drug-likeness (QED) is 0.266. The highest BCUT2D eigenvalue weighted by atomic mass is 16.5. The standard InChI is InChI=1S/C26H44O/c1-3-5-7-9-11-13-15-17-23-19-20-26-25(21-22-27-26)24(23)18-16-14-12-10-8-6-4-2/h19-20H,3-18,21-22H2,1-2H3. The van der Waals surface area contributed by atoms with Gasteiger partial charge in [0.25, 0.3) is 0 Å². The summed E-state index contributed by atoms with van der Waals surface area (Å²) in [7, 11) is 0. The maximum atomic E-state index is 5.85. The van der Waals surface area contributed by atoms with Gasteiger partial charge < -0.3 is 4.74 Å². The predicted octanol–water partition coefficient (Wildman–Crippen LogP) is 8.21. The van der Waals surface area contributed by atoms with E-state index in [-0.39, 0.29) is 0 Å². The molecule has 0 saturated heterocycles. The van der Waals surface area contributed by atoms with Crippen molar-refractivity contribution in [2.24, 2.45) is 0 Å². The summed E-state index contributed by atoms with van der Waals surface area (Å²) in [6.07, 6.45) is 23.2. The van der Waals surface area contributed by atoms with Gasteiger partial charge in [-0.3, -0.25) is 0 Å². The summed E-state index contributed by atoms with van der Waals surface area (Å²) < 4.78 is 5.85. The van der Waals surface area contributed by atoms with Crippen LogP contribution >= 0.6 is 0 Å². The molecule has 0 saturated carbocycles. The summed E-state index contributed by atoms with van der Waals surface area (Å²) in [5.41, 5.74) is 4.82. The molecule has 1 aliphatic heterocycles. The highest BCUT2D eigenvalue weighted by Crippen LogP contribution is 2.32. The van der Waals surface area contributed by atoms with Crippen molar-refractivity contribution < 1.29 is 4.74 Å². The second kappa shape index (κ2) is 14.1. The monoisotopic (exact) mass is 372 g/mol. The van der Waals surface area contributed by atoms with Gasteiger partial charge in [-0.2, -0.15) is 0 Å². The van der Waals surface area contributed by atoms with Crippen molar-refractivity contribution in [3.8, 4) is 5.75 Å². The maximum Gasteiger partial charge on any atom is 0.122 e. The largest absolute Gasteiger partial charge is 0.493 e. The Morgan fingerprint density at radius 2 is 1.22 bits per heavy atom. The fourth-order valence-electron chi connectivity index (χ4n) is 4.47. The predicted molar refractivity (Wildman–Crippen MR) is 119 cm³/mol. The van der Waals surface area contributed by atoms with E-state index in [1.807, 2.05) is 0 Å². The molecule has 0 bridgehead atoms. The lowest BCUT2D eigenvalue weighted by Crippen LogP contribution is -2.00. The van der Waals surface area contributed by atoms with E-state index in [1.165, 1.54) is 108 Å². The molecular weight excluding hydrogens is 328 g/mol. The number of hydrogen-bond acceptors (Lipinski definition) is 1. The Hall–Kier alpha value is -0.980. The molecule has 0 radical (unpaired) electrons. The second-order valence-corrected chi connectivity index (χ2v) is 8.52. The number of hydrogen-bond donors (Lipinski definition) is 0. The van der Waals surface area contributed by atoms with Crippen LogP contribution in [0.1, 0.15) is 120 Å². The fraction of sp³-hybridized carbons (Fsp3) is 0.769. The van der Waals surface area contributed by atoms with Gasteiger partial charge >= 0.3 is 0 Å². The Kier molecular flexibility index (Phi) is 11.6. The Bertz CT molecular complexity index is 505. The van der Waals surface area contributed by atoms with Crippen molar-refractivity contribution in [1.82, 2.24) is 0 Å². The zero-order valence-electron chi connectivity index (χ0n) is 18.3. The summed E-state index contributed by atoms with van der Waals surface area (Å²) in [6.45, 7) is 5.48. The minimum Gasteiger partial charge on any atom is -0.493 e. The number of fused-ring (bicyclic) bond motifs is 1. The number of ether oxygens (including phenoxy) is 1. The molecule has 0 N–H and O–H groups in total. The van der Waals surface area contributed by atoms with Crippen molar-refractivity contribution in [3.05, 3.63) is 28.8 Å². The third-order valence-electron chi connectivity index (χ3n) is 6.17. The minimum absolute atomic E-state index is 0.889. The molecule has 0 unspecified atom stereocenters. The smallest absolute Gasteiger partial charge is 0.122 e. The van der Waals surface area contributed by atoms with E-state index in [9.17, 15) is 0 Å². The van der Waals surface area contributed by atoms with Gasteiger partial charge in [-0.1, -0.05) is 97.0 Å². The molecule has 2 rings (SSSR count).